The Morgan fingerprint density at radius 3 is 2.61 bits per heavy atom. The highest BCUT2D eigenvalue weighted by atomic mass is 35.5. The number of carbonyl (C=O) groups excluding carboxylic acids is 1. The van der Waals surface area contributed by atoms with E-state index in [1.807, 2.05) is 45.9 Å². The first kappa shape index (κ1) is 28.3. The van der Waals surface area contributed by atoms with Gasteiger partial charge in [0.25, 0.3) is 5.91 Å². The Morgan fingerprint density at radius 2 is 1.87 bits per heavy atom. The molecular formula is C30H39ClN4O3. The zero-order chi connectivity index (χ0) is 25.7. The van der Waals surface area contributed by atoms with Gasteiger partial charge in [-0.25, -0.2) is 4.98 Å². The summed E-state index contributed by atoms with van der Waals surface area (Å²) in [6.07, 6.45) is 7.03. The number of ether oxygens (including phenoxy) is 1. The molecule has 0 radical (unpaired) electrons. The molecule has 8 heteroatoms. The fourth-order valence-electron chi connectivity index (χ4n) is 6.06. The fourth-order valence-corrected chi connectivity index (χ4v) is 6.06. The standard InChI is InChI=1S/C30H38N4O3.ClH/c1-37-21-30(36)17-9-8-14-26(30)34-22-32-27(28(34)24-12-6-3-7-13-24)29(35)33-19-18-31-20-25(33)16-15-23-10-4-2-5-11-23;/h2-7,10-13,22,25-26,31,36H,8-9,14-21H2,1H3;1H/t25-,26-,30-;/m1./s1. The van der Waals surface area contributed by atoms with Crippen molar-refractivity contribution < 1.29 is 14.6 Å². The average Bonchev–Trinajstić information content (AvgIpc) is 3.38. The summed E-state index contributed by atoms with van der Waals surface area (Å²) >= 11 is 0. The van der Waals surface area contributed by atoms with Crippen molar-refractivity contribution in [2.75, 3.05) is 33.4 Å². The Hall–Kier alpha value is -2.71. The van der Waals surface area contributed by atoms with Crippen molar-refractivity contribution in [3.05, 3.63) is 78.2 Å². The Bertz CT molecular complexity index is 1170. The molecule has 0 spiro atoms. The number of hydrogen-bond acceptors (Lipinski definition) is 5. The lowest BCUT2D eigenvalue weighted by Gasteiger charge is -2.41. The molecule has 7 nitrogen and oxygen atoms in total. The van der Waals surface area contributed by atoms with Gasteiger partial charge in [-0.3, -0.25) is 4.79 Å². The van der Waals surface area contributed by atoms with Gasteiger partial charge in [0, 0.05) is 38.3 Å². The highest BCUT2D eigenvalue weighted by Gasteiger charge is 2.42. The Morgan fingerprint density at radius 1 is 1.13 bits per heavy atom. The number of aromatic nitrogens is 2. The molecule has 0 unspecified atom stereocenters. The molecular weight excluding hydrogens is 500 g/mol. The molecule has 1 aliphatic carbocycles. The second-order valence-electron chi connectivity index (χ2n) is 10.4. The largest absolute Gasteiger partial charge is 0.385 e. The number of piperazine rings is 1. The summed E-state index contributed by atoms with van der Waals surface area (Å²) < 4.78 is 7.49. The second kappa shape index (κ2) is 12.9. The zero-order valence-electron chi connectivity index (χ0n) is 22.1. The van der Waals surface area contributed by atoms with Crippen molar-refractivity contribution in [2.45, 2.75) is 56.2 Å². The van der Waals surface area contributed by atoms with Crippen LogP contribution < -0.4 is 5.32 Å². The van der Waals surface area contributed by atoms with Gasteiger partial charge in [0.2, 0.25) is 0 Å². The highest BCUT2D eigenvalue weighted by molar-refractivity contribution is 5.98. The Labute approximate surface area is 231 Å². The molecule has 2 aliphatic rings. The van der Waals surface area contributed by atoms with E-state index in [0.717, 1.165) is 56.5 Å². The Balaban J connectivity index is 0.00000336. The van der Waals surface area contributed by atoms with E-state index in [-0.39, 0.29) is 37.0 Å². The van der Waals surface area contributed by atoms with Crippen LogP contribution in [0.1, 0.15) is 54.2 Å². The van der Waals surface area contributed by atoms with Gasteiger partial charge in [-0.15, -0.1) is 12.4 Å². The van der Waals surface area contributed by atoms with Crippen molar-refractivity contribution in [2.24, 2.45) is 0 Å². The van der Waals surface area contributed by atoms with Crippen molar-refractivity contribution in [3.8, 4) is 11.3 Å². The number of hydrogen-bond donors (Lipinski definition) is 2. The van der Waals surface area contributed by atoms with Crippen molar-refractivity contribution in [1.29, 1.82) is 0 Å². The van der Waals surface area contributed by atoms with Crippen LogP contribution in [0.15, 0.2) is 67.0 Å². The number of halogens is 1. The van der Waals surface area contributed by atoms with Crippen LogP contribution in [0.3, 0.4) is 0 Å². The summed E-state index contributed by atoms with van der Waals surface area (Å²) in [4.78, 5) is 20.9. The summed E-state index contributed by atoms with van der Waals surface area (Å²) in [5, 5.41) is 15.1. The number of aliphatic hydroxyl groups is 1. The SMILES string of the molecule is COC[C@]1(O)CCCC[C@H]1n1cnc(C(=O)N2CCNC[C@H]2CCc2ccccc2)c1-c1ccccc1.Cl. The van der Waals surface area contributed by atoms with Crippen LogP contribution in [0.4, 0.5) is 0 Å². The molecule has 0 bridgehead atoms. The second-order valence-corrected chi connectivity index (χ2v) is 10.4. The van der Waals surface area contributed by atoms with Crippen LogP contribution >= 0.6 is 12.4 Å². The average molecular weight is 539 g/mol. The number of amides is 1. The van der Waals surface area contributed by atoms with Gasteiger partial charge in [-0.1, -0.05) is 73.5 Å². The number of methoxy groups -OCH3 is 1. The molecule has 3 atom stereocenters. The van der Waals surface area contributed by atoms with Gasteiger partial charge < -0.3 is 24.6 Å². The van der Waals surface area contributed by atoms with E-state index < -0.39 is 5.60 Å². The minimum atomic E-state index is -0.995. The smallest absolute Gasteiger partial charge is 0.275 e. The molecule has 1 saturated carbocycles. The molecule has 38 heavy (non-hydrogen) atoms. The topological polar surface area (TPSA) is 79.6 Å². The van der Waals surface area contributed by atoms with Crippen LogP contribution in [-0.2, 0) is 11.2 Å². The van der Waals surface area contributed by atoms with Gasteiger partial charge in [0.1, 0.15) is 5.60 Å². The number of rotatable bonds is 8. The number of benzene rings is 2. The number of carbonyl (C=O) groups is 1. The molecule has 1 saturated heterocycles. The lowest BCUT2D eigenvalue weighted by Crippen LogP contribution is -2.54. The number of imidazole rings is 1. The van der Waals surface area contributed by atoms with E-state index in [0.29, 0.717) is 18.7 Å². The van der Waals surface area contributed by atoms with Gasteiger partial charge in [0.15, 0.2) is 5.69 Å². The van der Waals surface area contributed by atoms with Gasteiger partial charge >= 0.3 is 0 Å². The normalized spacial score (nSPS) is 23.6. The lowest BCUT2D eigenvalue weighted by atomic mass is 9.80. The van der Waals surface area contributed by atoms with Crippen LogP contribution in [0.5, 0.6) is 0 Å². The molecule has 2 fully saturated rings. The van der Waals surface area contributed by atoms with Crippen molar-refractivity contribution in [1.82, 2.24) is 19.8 Å². The first-order chi connectivity index (χ1) is 18.1. The Kier molecular flexibility index (Phi) is 9.60. The van der Waals surface area contributed by atoms with E-state index in [1.54, 1.807) is 13.4 Å². The molecule has 1 aromatic heterocycles. The van der Waals surface area contributed by atoms with E-state index >= 15 is 0 Å². The maximum Gasteiger partial charge on any atom is 0.275 e. The van der Waals surface area contributed by atoms with E-state index in [2.05, 4.69) is 29.6 Å². The van der Waals surface area contributed by atoms with Crippen LogP contribution in [0.2, 0.25) is 0 Å². The predicted octanol–water partition coefficient (Wildman–Crippen LogP) is 4.51. The molecule has 2 heterocycles. The third kappa shape index (κ3) is 5.96. The van der Waals surface area contributed by atoms with E-state index in [4.69, 9.17) is 9.72 Å². The van der Waals surface area contributed by atoms with E-state index in [1.165, 1.54) is 5.56 Å². The monoisotopic (exact) mass is 538 g/mol. The van der Waals surface area contributed by atoms with Crippen LogP contribution in [0, 0.1) is 0 Å². The molecule has 1 amide bonds. The van der Waals surface area contributed by atoms with Gasteiger partial charge in [-0.05, 0) is 31.2 Å². The molecule has 2 N–H and O–H groups in total. The third-order valence-corrected chi connectivity index (χ3v) is 7.95. The number of aryl methyl sites for hydroxylation is 1. The molecule has 5 rings (SSSR count). The first-order valence-electron chi connectivity index (χ1n) is 13.5. The summed E-state index contributed by atoms with van der Waals surface area (Å²) in [6, 6.07) is 20.3. The van der Waals surface area contributed by atoms with E-state index in [9.17, 15) is 9.90 Å². The molecule has 1 aliphatic heterocycles. The third-order valence-electron chi connectivity index (χ3n) is 7.95. The number of nitrogens with zero attached hydrogens (tertiary/aromatic N) is 3. The summed E-state index contributed by atoms with van der Waals surface area (Å²) in [5.74, 6) is -0.0387. The maximum atomic E-state index is 14.1. The zero-order valence-corrected chi connectivity index (χ0v) is 22.9. The minimum Gasteiger partial charge on any atom is -0.385 e. The van der Waals surface area contributed by atoms with Crippen LogP contribution in [0.25, 0.3) is 11.3 Å². The fraction of sp³-hybridized carbons (Fsp3) is 0.467. The van der Waals surface area contributed by atoms with Gasteiger partial charge in [-0.2, -0.15) is 0 Å². The maximum absolute atomic E-state index is 14.1. The highest BCUT2D eigenvalue weighted by Crippen LogP contribution is 2.41. The number of nitrogens with one attached hydrogen (secondary N) is 1. The molecule has 2 aromatic carbocycles. The van der Waals surface area contributed by atoms with Gasteiger partial charge in [0.05, 0.1) is 24.7 Å². The van der Waals surface area contributed by atoms with Crippen LogP contribution in [-0.4, -0.2) is 70.5 Å². The van der Waals surface area contributed by atoms with Crippen molar-refractivity contribution in [3.63, 3.8) is 0 Å². The predicted molar refractivity (Wildman–Crippen MR) is 152 cm³/mol. The lowest BCUT2D eigenvalue weighted by molar-refractivity contribution is -0.0893. The quantitative estimate of drug-likeness (QED) is 0.441. The first-order valence-corrected chi connectivity index (χ1v) is 13.5. The summed E-state index contributed by atoms with van der Waals surface area (Å²) in [5.41, 5.74) is 2.47. The summed E-state index contributed by atoms with van der Waals surface area (Å²) in [7, 11) is 1.63. The molecule has 3 aromatic rings. The van der Waals surface area contributed by atoms with Crippen molar-refractivity contribution >= 4 is 18.3 Å². The minimum absolute atomic E-state index is 0. The summed E-state index contributed by atoms with van der Waals surface area (Å²) in [6.45, 7) is 2.45. The molecule has 204 valence electrons.